The van der Waals surface area contributed by atoms with Gasteiger partial charge in [-0.05, 0) is 36.5 Å². The van der Waals surface area contributed by atoms with E-state index in [1.807, 2.05) is 0 Å². The van der Waals surface area contributed by atoms with Crippen molar-refractivity contribution in [2.75, 3.05) is 26.2 Å². The zero-order valence-corrected chi connectivity index (χ0v) is 14.9. The SMILES string of the molecule is Cl.Cl.Fc1ccc([C@H](C2CCCCC2)N2CCNCC2)cc1F. The van der Waals surface area contributed by atoms with E-state index >= 15 is 0 Å². The van der Waals surface area contributed by atoms with Crippen LogP contribution in [0, 0.1) is 17.6 Å². The van der Waals surface area contributed by atoms with Gasteiger partial charge in [0.15, 0.2) is 11.6 Å². The predicted molar refractivity (Wildman–Crippen MR) is 94.6 cm³/mol. The van der Waals surface area contributed by atoms with E-state index in [2.05, 4.69) is 10.2 Å². The first-order valence-electron chi connectivity index (χ1n) is 8.15. The molecule has 6 heteroatoms. The molecule has 132 valence electrons. The van der Waals surface area contributed by atoms with E-state index in [9.17, 15) is 8.78 Å². The first-order valence-corrected chi connectivity index (χ1v) is 8.15. The molecule has 1 aromatic carbocycles. The Balaban J connectivity index is 0.00000132. The molecule has 0 aromatic heterocycles. The molecule has 0 unspecified atom stereocenters. The van der Waals surface area contributed by atoms with Crippen molar-refractivity contribution in [2.45, 2.75) is 38.1 Å². The molecule has 1 saturated carbocycles. The summed E-state index contributed by atoms with van der Waals surface area (Å²) >= 11 is 0. The number of halogens is 4. The first kappa shape index (κ1) is 20.6. The standard InChI is InChI=1S/C17H24F2N2.2ClH/c18-15-7-6-14(12-16(15)19)17(13-4-2-1-3-5-13)21-10-8-20-9-11-21;;/h6-7,12-13,17,20H,1-5,8-11H2;2*1H/t17-;;/m0../s1. The monoisotopic (exact) mass is 366 g/mol. The minimum atomic E-state index is -0.749. The van der Waals surface area contributed by atoms with E-state index in [0.717, 1.165) is 31.7 Å². The summed E-state index contributed by atoms with van der Waals surface area (Å²) in [6, 6.07) is 4.71. The summed E-state index contributed by atoms with van der Waals surface area (Å²) in [6.45, 7) is 3.93. The number of rotatable bonds is 3. The highest BCUT2D eigenvalue weighted by molar-refractivity contribution is 5.85. The van der Waals surface area contributed by atoms with Crippen LogP contribution in [0.3, 0.4) is 0 Å². The van der Waals surface area contributed by atoms with Gasteiger partial charge in [0.05, 0.1) is 0 Å². The van der Waals surface area contributed by atoms with Crippen molar-refractivity contribution in [3.8, 4) is 0 Å². The molecular weight excluding hydrogens is 341 g/mol. The van der Waals surface area contributed by atoms with Crippen LogP contribution in [0.5, 0.6) is 0 Å². The van der Waals surface area contributed by atoms with Gasteiger partial charge in [-0.25, -0.2) is 8.78 Å². The fourth-order valence-corrected chi connectivity index (χ4v) is 3.89. The number of hydrogen-bond acceptors (Lipinski definition) is 2. The summed E-state index contributed by atoms with van der Waals surface area (Å²) in [5.41, 5.74) is 0.947. The molecule has 1 aliphatic heterocycles. The third-order valence-electron chi connectivity index (χ3n) is 4.93. The molecule has 1 heterocycles. The number of nitrogens with one attached hydrogen (secondary N) is 1. The zero-order chi connectivity index (χ0) is 14.7. The average molecular weight is 367 g/mol. The lowest BCUT2D eigenvalue weighted by atomic mass is 9.80. The summed E-state index contributed by atoms with van der Waals surface area (Å²) in [7, 11) is 0. The van der Waals surface area contributed by atoms with Crippen molar-refractivity contribution in [3.63, 3.8) is 0 Å². The molecule has 2 nitrogen and oxygen atoms in total. The van der Waals surface area contributed by atoms with E-state index in [0.29, 0.717) is 5.92 Å². The molecule has 1 saturated heterocycles. The van der Waals surface area contributed by atoms with Crippen LogP contribution in [0.25, 0.3) is 0 Å². The fraction of sp³-hybridized carbons (Fsp3) is 0.647. The molecule has 1 aliphatic carbocycles. The minimum Gasteiger partial charge on any atom is -0.314 e. The zero-order valence-electron chi connectivity index (χ0n) is 13.3. The van der Waals surface area contributed by atoms with Crippen molar-refractivity contribution >= 4 is 24.8 Å². The number of nitrogens with zero attached hydrogens (tertiary/aromatic N) is 1. The molecular formula is C17H26Cl2F2N2. The van der Waals surface area contributed by atoms with Crippen molar-refractivity contribution in [1.29, 1.82) is 0 Å². The van der Waals surface area contributed by atoms with Crippen LogP contribution in [-0.4, -0.2) is 31.1 Å². The van der Waals surface area contributed by atoms with Gasteiger partial charge < -0.3 is 5.32 Å². The molecule has 1 atom stereocenters. The largest absolute Gasteiger partial charge is 0.314 e. The highest BCUT2D eigenvalue weighted by Gasteiger charge is 2.31. The molecule has 2 aliphatic rings. The summed E-state index contributed by atoms with van der Waals surface area (Å²) in [4.78, 5) is 2.46. The summed E-state index contributed by atoms with van der Waals surface area (Å²) in [5, 5.41) is 3.37. The normalized spacial score (nSPS) is 21.1. The Morgan fingerprint density at radius 2 is 1.61 bits per heavy atom. The van der Waals surface area contributed by atoms with Gasteiger partial charge in [-0.1, -0.05) is 25.3 Å². The van der Waals surface area contributed by atoms with Crippen LogP contribution in [0.15, 0.2) is 18.2 Å². The van der Waals surface area contributed by atoms with E-state index in [-0.39, 0.29) is 30.9 Å². The molecule has 0 radical (unpaired) electrons. The Morgan fingerprint density at radius 3 is 2.22 bits per heavy atom. The molecule has 1 N–H and O–H groups in total. The lowest BCUT2D eigenvalue weighted by molar-refractivity contribution is 0.103. The van der Waals surface area contributed by atoms with Gasteiger partial charge >= 0.3 is 0 Å². The highest BCUT2D eigenvalue weighted by atomic mass is 35.5. The van der Waals surface area contributed by atoms with Gasteiger partial charge in [0.25, 0.3) is 0 Å². The second-order valence-corrected chi connectivity index (χ2v) is 6.30. The van der Waals surface area contributed by atoms with Gasteiger partial charge in [0.1, 0.15) is 0 Å². The van der Waals surface area contributed by atoms with Crippen LogP contribution in [0.4, 0.5) is 8.78 Å². The number of benzene rings is 1. The fourth-order valence-electron chi connectivity index (χ4n) is 3.89. The number of hydrogen-bond donors (Lipinski definition) is 1. The van der Waals surface area contributed by atoms with Crippen LogP contribution in [-0.2, 0) is 0 Å². The maximum atomic E-state index is 13.7. The van der Waals surface area contributed by atoms with Crippen LogP contribution in [0.1, 0.15) is 43.7 Å². The van der Waals surface area contributed by atoms with Crippen LogP contribution < -0.4 is 5.32 Å². The molecule has 0 bridgehead atoms. The van der Waals surface area contributed by atoms with Gasteiger partial charge in [0, 0.05) is 32.2 Å². The Kier molecular flexibility index (Phi) is 8.76. The highest BCUT2D eigenvalue weighted by Crippen LogP contribution is 2.38. The maximum absolute atomic E-state index is 13.7. The average Bonchev–Trinajstić information content (AvgIpc) is 2.53. The smallest absolute Gasteiger partial charge is 0.159 e. The van der Waals surface area contributed by atoms with Gasteiger partial charge in [-0.3, -0.25) is 4.90 Å². The van der Waals surface area contributed by atoms with E-state index < -0.39 is 11.6 Å². The molecule has 1 aromatic rings. The Labute approximate surface area is 149 Å². The lowest BCUT2D eigenvalue weighted by Gasteiger charge is -2.41. The van der Waals surface area contributed by atoms with Crippen molar-refractivity contribution in [3.05, 3.63) is 35.4 Å². The summed E-state index contributed by atoms with van der Waals surface area (Å²) in [6.07, 6.45) is 6.23. The number of piperazine rings is 1. The first-order chi connectivity index (χ1) is 10.3. The van der Waals surface area contributed by atoms with Crippen molar-refractivity contribution in [1.82, 2.24) is 10.2 Å². The van der Waals surface area contributed by atoms with Gasteiger partial charge in [-0.15, -0.1) is 24.8 Å². The Bertz CT molecular complexity index is 458. The molecule has 0 spiro atoms. The third-order valence-corrected chi connectivity index (χ3v) is 4.93. The Hall–Kier alpha value is -0.420. The molecule has 3 rings (SSSR count). The molecule has 23 heavy (non-hydrogen) atoms. The van der Waals surface area contributed by atoms with Crippen LogP contribution >= 0.6 is 24.8 Å². The third kappa shape index (κ3) is 5.02. The van der Waals surface area contributed by atoms with Crippen LogP contribution in [0.2, 0.25) is 0 Å². The van der Waals surface area contributed by atoms with Gasteiger partial charge in [0.2, 0.25) is 0 Å². The van der Waals surface area contributed by atoms with E-state index in [1.54, 1.807) is 6.07 Å². The predicted octanol–water partition coefficient (Wildman–Crippen LogP) is 4.34. The molecule has 2 fully saturated rings. The minimum absolute atomic E-state index is 0. The van der Waals surface area contributed by atoms with E-state index in [4.69, 9.17) is 0 Å². The maximum Gasteiger partial charge on any atom is 0.159 e. The second-order valence-electron chi connectivity index (χ2n) is 6.30. The lowest BCUT2D eigenvalue weighted by Crippen LogP contribution is -2.47. The topological polar surface area (TPSA) is 15.3 Å². The van der Waals surface area contributed by atoms with E-state index in [1.165, 1.54) is 44.2 Å². The second kappa shape index (κ2) is 9.77. The molecule has 0 amide bonds. The van der Waals surface area contributed by atoms with Crippen molar-refractivity contribution < 1.29 is 8.78 Å². The Morgan fingerprint density at radius 1 is 0.957 bits per heavy atom. The van der Waals surface area contributed by atoms with Crippen molar-refractivity contribution in [2.24, 2.45) is 5.92 Å². The summed E-state index contributed by atoms with van der Waals surface area (Å²) in [5.74, 6) is -0.897. The summed E-state index contributed by atoms with van der Waals surface area (Å²) < 4.78 is 26.9. The quantitative estimate of drug-likeness (QED) is 0.855. The van der Waals surface area contributed by atoms with Gasteiger partial charge in [-0.2, -0.15) is 0 Å².